The fraction of sp³-hybridized carbons (Fsp3) is 0.333. The van der Waals surface area contributed by atoms with Gasteiger partial charge >= 0.3 is 6.03 Å². The Bertz CT molecular complexity index is 443. The minimum Gasteiger partial charge on any atom is -0.370 e. The summed E-state index contributed by atoms with van der Waals surface area (Å²) in [5.74, 6) is 0.417. The lowest BCUT2D eigenvalue weighted by Crippen LogP contribution is -2.40. The second kappa shape index (κ2) is 8.61. The molecule has 0 aliphatic rings. The van der Waals surface area contributed by atoms with Crippen LogP contribution >= 0.6 is 24.0 Å². The molecule has 1 aromatic rings. The van der Waals surface area contributed by atoms with Crippen LogP contribution in [0.25, 0.3) is 0 Å². The Morgan fingerprint density at radius 1 is 1.37 bits per heavy atom. The van der Waals surface area contributed by atoms with Crippen molar-refractivity contribution in [1.82, 2.24) is 5.32 Å². The molecule has 1 aromatic carbocycles. The van der Waals surface area contributed by atoms with Gasteiger partial charge in [0.15, 0.2) is 5.96 Å². The standard InChI is InChI=1S/C12H17ClN4O.ClH/c1-8-4-3-5-9(2)10(8)16-12(18)17-11(14)15-7-6-13;/h3-5H,6-7H2,1-2H3,(H4,14,15,16,17,18);1H. The highest BCUT2D eigenvalue weighted by Gasteiger charge is 2.07. The number of nitrogens with zero attached hydrogens (tertiary/aromatic N) is 1. The number of nitrogens with two attached hydrogens (primary N) is 1. The summed E-state index contributed by atoms with van der Waals surface area (Å²) < 4.78 is 0. The maximum absolute atomic E-state index is 11.7. The van der Waals surface area contributed by atoms with Crippen molar-refractivity contribution < 1.29 is 4.79 Å². The van der Waals surface area contributed by atoms with E-state index in [1.54, 1.807) is 0 Å². The monoisotopic (exact) mass is 304 g/mol. The lowest BCUT2D eigenvalue weighted by molar-refractivity contribution is 0.256. The number of hydrogen-bond donors (Lipinski definition) is 3. The summed E-state index contributed by atoms with van der Waals surface area (Å²) in [5.41, 5.74) is 8.26. The van der Waals surface area contributed by atoms with Gasteiger partial charge in [-0.25, -0.2) is 4.79 Å². The van der Waals surface area contributed by atoms with Crippen molar-refractivity contribution in [2.45, 2.75) is 13.8 Å². The molecule has 5 nitrogen and oxygen atoms in total. The first-order chi connectivity index (χ1) is 8.54. The number of nitrogens with one attached hydrogen (secondary N) is 2. The van der Waals surface area contributed by atoms with Crippen molar-refractivity contribution in [3.05, 3.63) is 29.3 Å². The van der Waals surface area contributed by atoms with E-state index in [2.05, 4.69) is 15.6 Å². The molecule has 2 amide bonds. The van der Waals surface area contributed by atoms with Crippen LogP contribution in [0.5, 0.6) is 0 Å². The second-order valence-corrected chi connectivity index (χ2v) is 4.18. The number of carbonyl (C=O) groups excluding carboxylic acids is 1. The van der Waals surface area contributed by atoms with Crippen LogP contribution in [0.3, 0.4) is 0 Å². The molecule has 0 atom stereocenters. The highest BCUT2D eigenvalue weighted by molar-refractivity contribution is 6.18. The van der Waals surface area contributed by atoms with Crippen molar-refractivity contribution in [2.24, 2.45) is 10.7 Å². The number of aliphatic imine (C=N–C) groups is 1. The molecule has 0 aliphatic carbocycles. The number of hydrogen-bond acceptors (Lipinski definition) is 2. The van der Waals surface area contributed by atoms with Crippen molar-refractivity contribution in [3.8, 4) is 0 Å². The highest BCUT2D eigenvalue weighted by Crippen LogP contribution is 2.18. The number of carbonyl (C=O) groups is 1. The van der Waals surface area contributed by atoms with Gasteiger partial charge in [0.1, 0.15) is 0 Å². The lowest BCUT2D eigenvalue weighted by atomic mass is 10.1. The molecule has 0 fully saturated rings. The second-order valence-electron chi connectivity index (χ2n) is 3.80. The largest absolute Gasteiger partial charge is 0.370 e. The quantitative estimate of drug-likeness (QED) is 0.455. The van der Waals surface area contributed by atoms with E-state index in [-0.39, 0.29) is 18.4 Å². The maximum atomic E-state index is 11.7. The predicted molar refractivity (Wildman–Crippen MR) is 82.5 cm³/mol. The van der Waals surface area contributed by atoms with Gasteiger partial charge in [-0.3, -0.25) is 10.3 Å². The van der Waals surface area contributed by atoms with Crippen LogP contribution in [0, 0.1) is 13.8 Å². The van der Waals surface area contributed by atoms with Gasteiger partial charge in [-0.15, -0.1) is 24.0 Å². The number of benzene rings is 1. The maximum Gasteiger partial charge on any atom is 0.326 e. The molecule has 0 heterocycles. The summed E-state index contributed by atoms with van der Waals surface area (Å²) in [4.78, 5) is 15.5. The molecule has 106 valence electrons. The van der Waals surface area contributed by atoms with E-state index in [9.17, 15) is 4.79 Å². The number of para-hydroxylation sites is 1. The molecule has 0 saturated carbocycles. The first-order valence-electron chi connectivity index (χ1n) is 5.54. The normalized spacial score (nSPS) is 10.6. The zero-order valence-electron chi connectivity index (χ0n) is 10.9. The Labute approximate surface area is 124 Å². The molecular formula is C12H18Cl2N4O. The average molecular weight is 305 g/mol. The number of alkyl halides is 1. The molecule has 0 aromatic heterocycles. The molecule has 0 bridgehead atoms. The smallest absolute Gasteiger partial charge is 0.326 e. The van der Waals surface area contributed by atoms with Crippen LogP contribution in [-0.2, 0) is 0 Å². The van der Waals surface area contributed by atoms with Crippen LogP contribution in [0.4, 0.5) is 10.5 Å². The van der Waals surface area contributed by atoms with Crippen molar-refractivity contribution in [1.29, 1.82) is 0 Å². The summed E-state index contributed by atoms with van der Waals surface area (Å²) in [5, 5.41) is 5.18. The zero-order valence-corrected chi connectivity index (χ0v) is 12.4. The fourth-order valence-corrected chi connectivity index (χ4v) is 1.56. The SMILES string of the molecule is Cc1cccc(C)c1NC(=O)NC(N)=NCCCl.Cl. The third-order valence-corrected chi connectivity index (χ3v) is 2.50. The molecule has 1 rings (SSSR count). The van der Waals surface area contributed by atoms with E-state index in [4.69, 9.17) is 17.3 Å². The molecule has 0 unspecified atom stereocenters. The van der Waals surface area contributed by atoms with E-state index >= 15 is 0 Å². The summed E-state index contributed by atoms with van der Waals surface area (Å²) in [7, 11) is 0. The Morgan fingerprint density at radius 3 is 2.47 bits per heavy atom. The Morgan fingerprint density at radius 2 is 1.95 bits per heavy atom. The number of guanidine groups is 1. The Kier molecular flexibility index (Phi) is 7.95. The summed E-state index contributed by atoms with van der Waals surface area (Å²) in [6.07, 6.45) is 0. The summed E-state index contributed by atoms with van der Waals surface area (Å²) >= 11 is 5.46. The summed E-state index contributed by atoms with van der Waals surface area (Å²) in [6, 6.07) is 5.37. The van der Waals surface area contributed by atoms with Crippen LogP contribution < -0.4 is 16.4 Å². The van der Waals surface area contributed by atoms with Crippen molar-refractivity contribution >= 4 is 41.7 Å². The number of aryl methyl sites for hydroxylation is 2. The summed E-state index contributed by atoms with van der Waals surface area (Å²) in [6.45, 7) is 4.22. The van der Waals surface area contributed by atoms with E-state index in [0.717, 1.165) is 16.8 Å². The molecule has 0 spiro atoms. The first-order valence-corrected chi connectivity index (χ1v) is 6.08. The van der Waals surface area contributed by atoms with Gasteiger partial charge in [0.05, 0.1) is 6.54 Å². The molecule has 4 N–H and O–H groups in total. The predicted octanol–water partition coefficient (Wildman–Crippen LogP) is 2.40. The van der Waals surface area contributed by atoms with Gasteiger partial charge in [-0.05, 0) is 25.0 Å². The van der Waals surface area contributed by atoms with E-state index in [1.807, 2.05) is 32.0 Å². The Balaban J connectivity index is 0.00000324. The van der Waals surface area contributed by atoms with Gasteiger partial charge in [0.25, 0.3) is 0 Å². The van der Waals surface area contributed by atoms with Gasteiger partial charge in [0, 0.05) is 11.6 Å². The van der Waals surface area contributed by atoms with Gasteiger partial charge in [-0.2, -0.15) is 0 Å². The van der Waals surface area contributed by atoms with E-state index < -0.39 is 6.03 Å². The van der Waals surface area contributed by atoms with Crippen molar-refractivity contribution in [3.63, 3.8) is 0 Å². The number of urea groups is 1. The molecule has 0 aliphatic heterocycles. The molecular weight excluding hydrogens is 287 g/mol. The van der Waals surface area contributed by atoms with Gasteiger partial charge in [-0.1, -0.05) is 18.2 Å². The lowest BCUT2D eigenvalue weighted by Gasteiger charge is -2.11. The number of anilines is 1. The van der Waals surface area contributed by atoms with E-state index in [0.29, 0.717) is 12.4 Å². The third kappa shape index (κ3) is 5.81. The van der Waals surface area contributed by atoms with Crippen LogP contribution in [0.1, 0.15) is 11.1 Å². The zero-order chi connectivity index (χ0) is 13.5. The molecule has 0 radical (unpaired) electrons. The number of amides is 2. The minimum atomic E-state index is -0.414. The topological polar surface area (TPSA) is 79.5 Å². The molecule has 7 heteroatoms. The fourth-order valence-electron chi connectivity index (χ4n) is 1.47. The van der Waals surface area contributed by atoms with Gasteiger partial charge < -0.3 is 11.1 Å². The van der Waals surface area contributed by atoms with Crippen LogP contribution in [0.2, 0.25) is 0 Å². The highest BCUT2D eigenvalue weighted by atomic mass is 35.5. The Hall–Kier alpha value is -1.46. The minimum absolute atomic E-state index is 0. The molecule has 19 heavy (non-hydrogen) atoms. The molecule has 0 saturated heterocycles. The number of halogens is 2. The average Bonchev–Trinajstić information content (AvgIpc) is 2.31. The first kappa shape index (κ1) is 17.5. The van der Waals surface area contributed by atoms with E-state index in [1.165, 1.54) is 0 Å². The van der Waals surface area contributed by atoms with Crippen LogP contribution in [-0.4, -0.2) is 24.4 Å². The number of rotatable bonds is 3. The van der Waals surface area contributed by atoms with Crippen LogP contribution in [0.15, 0.2) is 23.2 Å². The third-order valence-electron chi connectivity index (χ3n) is 2.33. The van der Waals surface area contributed by atoms with Crippen molar-refractivity contribution in [2.75, 3.05) is 17.7 Å². The van der Waals surface area contributed by atoms with Gasteiger partial charge in [0.2, 0.25) is 0 Å².